The van der Waals surface area contributed by atoms with Crippen molar-refractivity contribution in [2.75, 3.05) is 13.2 Å². The molecule has 0 heterocycles. The van der Waals surface area contributed by atoms with Crippen LogP contribution in [0, 0.1) is 11.3 Å². The highest BCUT2D eigenvalue weighted by molar-refractivity contribution is 5.20. The highest BCUT2D eigenvalue weighted by Gasteiger charge is 2.26. The fraction of sp³-hybridized carbons (Fsp3) is 0.667. The molecule has 0 bridgehead atoms. The Morgan fingerprint density at radius 3 is 2.40 bits per heavy atom. The highest BCUT2D eigenvalue weighted by atomic mass is 16.3. The van der Waals surface area contributed by atoms with Crippen LogP contribution in [-0.2, 0) is 0 Å². The maximum absolute atomic E-state index is 9.45. The first kappa shape index (κ1) is 15.5. The molecule has 112 valence electrons. The molecule has 0 amide bonds. The number of hydrogen-bond acceptors (Lipinski definition) is 2. The molecule has 2 N–H and O–H groups in total. The van der Waals surface area contributed by atoms with Gasteiger partial charge in [-0.2, -0.15) is 0 Å². The van der Waals surface area contributed by atoms with Gasteiger partial charge in [0, 0.05) is 24.6 Å². The van der Waals surface area contributed by atoms with Gasteiger partial charge >= 0.3 is 0 Å². The number of benzene rings is 1. The van der Waals surface area contributed by atoms with Gasteiger partial charge in [-0.05, 0) is 24.3 Å². The van der Waals surface area contributed by atoms with Crippen LogP contribution in [0.25, 0.3) is 0 Å². The molecule has 1 saturated carbocycles. The Labute approximate surface area is 123 Å². The summed E-state index contributed by atoms with van der Waals surface area (Å²) in [5.41, 5.74) is 1.34. The van der Waals surface area contributed by atoms with Gasteiger partial charge in [0.2, 0.25) is 0 Å². The van der Waals surface area contributed by atoms with E-state index in [0.29, 0.717) is 6.04 Å². The molecule has 1 atom stereocenters. The summed E-state index contributed by atoms with van der Waals surface area (Å²) in [7, 11) is 0. The maximum atomic E-state index is 9.45. The molecule has 0 aromatic heterocycles. The van der Waals surface area contributed by atoms with Crippen LogP contribution in [-0.4, -0.2) is 18.3 Å². The van der Waals surface area contributed by atoms with Crippen molar-refractivity contribution in [2.24, 2.45) is 11.3 Å². The van der Waals surface area contributed by atoms with Gasteiger partial charge in [0.15, 0.2) is 0 Å². The van der Waals surface area contributed by atoms with Crippen LogP contribution in [0.15, 0.2) is 30.3 Å². The van der Waals surface area contributed by atoms with Crippen molar-refractivity contribution in [3.05, 3.63) is 35.9 Å². The van der Waals surface area contributed by atoms with E-state index in [4.69, 9.17) is 0 Å². The van der Waals surface area contributed by atoms with Crippen molar-refractivity contribution >= 4 is 0 Å². The van der Waals surface area contributed by atoms with Crippen molar-refractivity contribution in [1.29, 1.82) is 0 Å². The Kier molecular flexibility index (Phi) is 5.62. The Hall–Kier alpha value is -0.860. The summed E-state index contributed by atoms with van der Waals surface area (Å²) in [5, 5.41) is 13.2. The molecule has 0 saturated heterocycles. The highest BCUT2D eigenvalue weighted by Crippen LogP contribution is 2.34. The van der Waals surface area contributed by atoms with Crippen LogP contribution in [0.3, 0.4) is 0 Å². The van der Waals surface area contributed by atoms with Crippen molar-refractivity contribution < 1.29 is 5.11 Å². The van der Waals surface area contributed by atoms with E-state index in [2.05, 4.69) is 49.5 Å². The minimum atomic E-state index is -0.0539. The Morgan fingerprint density at radius 2 is 1.80 bits per heavy atom. The molecule has 0 radical (unpaired) electrons. The lowest BCUT2D eigenvalue weighted by molar-refractivity contribution is 0.144. The third kappa shape index (κ3) is 4.32. The smallest absolute Gasteiger partial charge is 0.0494 e. The molecule has 2 rings (SSSR count). The molecule has 2 heteroatoms. The van der Waals surface area contributed by atoms with Crippen molar-refractivity contribution in [1.82, 2.24) is 5.32 Å². The predicted molar refractivity (Wildman–Crippen MR) is 84.6 cm³/mol. The summed E-state index contributed by atoms with van der Waals surface area (Å²) in [6.45, 7) is 5.32. The Balaban J connectivity index is 2.07. The van der Waals surface area contributed by atoms with Gasteiger partial charge in [-0.3, -0.25) is 0 Å². The molecule has 0 aliphatic heterocycles. The average molecular weight is 275 g/mol. The van der Waals surface area contributed by atoms with Gasteiger partial charge in [0.1, 0.15) is 0 Å². The van der Waals surface area contributed by atoms with Gasteiger partial charge in [0.25, 0.3) is 0 Å². The minimum Gasteiger partial charge on any atom is -0.396 e. The molecule has 0 spiro atoms. The second-order valence-corrected chi connectivity index (χ2v) is 6.99. The summed E-state index contributed by atoms with van der Waals surface area (Å²) >= 11 is 0. The molecule has 2 nitrogen and oxygen atoms in total. The van der Waals surface area contributed by atoms with E-state index in [1.54, 1.807) is 0 Å². The quantitative estimate of drug-likeness (QED) is 0.825. The molecule has 1 fully saturated rings. The number of hydrogen-bond donors (Lipinski definition) is 2. The van der Waals surface area contributed by atoms with Gasteiger partial charge in [-0.1, -0.05) is 63.4 Å². The fourth-order valence-corrected chi connectivity index (χ4v) is 3.13. The summed E-state index contributed by atoms with van der Waals surface area (Å²) in [6.07, 6.45) is 6.76. The lowest BCUT2D eigenvalue weighted by atomic mass is 9.80. The number of rotatable bonds is 6. The summed E-state index contributed by atoms with van der Waals surface area (Å²) < 4.78 is 0. The molecular formula is C18H29NO. The second kappa shape index (κ2) is 7.24. The van der Waals surface area contributed by atoms with E-state index >= 15 is 0 Å². The molecule has 1 aromatic rings. The number of nitrogens with one attached hydrogen (secondary N) is 1. The largest absolute Gasteiger partial charge is 0.396 e. The van der Waals surface area contributed by atoms with Crippen molar-refractivity contribution in [3.8, 4) is 0 Å². The molecule has 1 unspecified atom stereocenters. The average Bonchev–Trinajstić information content (AvgIpc) is 2.49. The first-order valence-corrected chi connectivity index (χ1v) is 8.01. The number of aliphatic hydroxyl groups is 1. The van der Waals surface area contributed by atoms with Crippen LogP contribution >= 0.6 is 0 Å². The summed E-state index contributed by atoms with van der Waals surface area (Å²) in [4.78, 5) is 0. The SMILES string of the molecule is CC(C)(CO)CNC(c1ccccc1)C1CCCCC1. The van der Waals surface area contributed by atoms with Gasteiger partial charge in [-0.25, -0.2) is 0 Å². The third-order valence-corrected chi connectivity index (χ3v) is 4.51. The van der Waals surface area contributed by atoms with E-state index in [0.717, 1.165) is 12.5 Å². The summed E-state index contributed by atoms with van der Waals surface area (Å²) in [6, 6.07) is 11.2. The Bertz CT molecular complexity index is 382. The molecule has 1 aliphatic rings. The summed E-state index contributed by atoms with van der Waals surface area (Å²) in [5.74, 6) is 0.737. The van der Waals surface area contributed by atoms with Crippen molar-refractivity contribution in [2.45, 2.75) is 52.0 Å². The lowest BCUT2D eigenvalue weighted by Gasteiger charge is -2.34. The van der Waals surface area contributed by atoms with Gasteiger partial charge in [-0.15, -0.1) is 0 Å². The second-order valence-electron chi connectivity index (χ2n) is 6.99. The van der Waals surface area contributed by atoms with Crippen LogP contribution in [0.1, 0.15) is 57.6 Å². The van der Waals surface area contributed by atoms with Crippen LogP contribution in [0.4, 0.5) is 0 Å². The molecule has 1 aliphatic carbocycles. The normalized spacial score (nSPS) is 18.9. The monoisotopic (exact) mass is 275 g/mol. The molecule has 20 heavy (non-hydrogen) atoms. The van der Waals surface area contributed by atoms with E-state index < -0.39 is 0 Å². The van der Waals surface area contributed by atoms with Crippen LogP contribution in [0.5, 0.6) is 0 Å². The topological polar surface area (TPSA) is 32.3 Å². The van der Waals surface area contributed by atoms with Crippen molar-refractivity contribution in [3.63, 3.8) is 0 Å². The predicted octanol–water partition coefficient (Wildman–Crippen LogP) is 3.92. The minimum absolute atomic E-state index is 0.0539. The zero-order valence-electron chi connectivity index (χ0n) is 12.9. The first-order chi connectivity index (χ1) is 9.62. The van der Waals surface area contributed by atoms with E-state index in [-0.39, 0.29) is 12.0 Å². The van der Waals surface area contributed by atoms with Crippen LogP contribution < -0.4 is 5.32 Å². The van der Waals surface area contributed by atoms with Gasteiger partial charge in [0.05, 0.1) is 0 Å². The lowest BCUT2D eigenvalue weighted by Crippen LogP contribution is -2.38. The molecule has 1 aromatic carbocycles. The van der Waals surface area contributed by atoms with Crippen LogP contribution in [0.2, 0.25) is 0 Å². The number of aliphatic hydroxyl groups excluding tert-OH is 1. The first-order valence-electron chi connectivity index (χ1n) is 8.01. The van der Waals surface area contributed by atoms with E-state index in [1.807, 2.05) is 0 Å². The van der Waals surface area contributed by atoms with E-state index in [1.165, 1.54) is 37.7 Å². The zero-order chi connectivity index (χ0) is 14.4. The Morgan fingerprint density at radius 1 is 1.15 bits per heavy atom. The van der Waals surface area contributed by atoms with E-state index in [9.17, 15) is 5.11 Å². The maximum Gasteiger partial charge on any atom is 0.0494 e. The van der Waals surface area contributed by atoms with Gasteiger partial charge < -0.3 is 10.4 Å². The zero-order valence-corrected chi connectivity index (χ0v) is 12.9. The fourth-order valence-electron chi connectivity index (χ4n) is 3.13. The molecular weight excluding hydrogens is 246 g/mol. The standard InChI is InChI=1S/C18H29NO/c1-18(2,14-20)13-19-17(15-9-5-3-6-10-15)16-11-7-4-8-12-16/h3,5-6,9-10,16-17,19-20H,4,7-8,11-14H2,1-2H3. The third-order valence-electron chi connectivity index (χ3n) is 4.51.